The first-order valence-electron chi connectivity index (χ1n) is 9.42. The number of hydrogen-bond acceptors (Lipinski definition) is 7. The smallest absolute Gasteiger partial charge is 0.269 e. The summed E-state index contributed by atoms with van der Waals surface area (Å²) < 4.78 is 30.7. The highest BCUT2D eigenvalue weighted by Crippen LogP contribution is 2.12. The number of benzene rings is 1. The van der Waals surface area contributed by atoms with Crippen LogP contribution in [-0.4, -0.2) is 61.9 Å². The monoisotopic (exact) mass is 333 g/mol. The van der Waals surface area contributed by atoms with Crippen molar-refractivity contribution in [2.75, 3.05) is 45.9 Å². The Kier molecular flexibility index (Phi) is 7.16. The Labute approximate surface area is 142 Å². The van der Waals surface area contributed by atoms with Crippen LogP contribution in [0.2, 0.25) is 5.65 Å². The Hall–Kier alpha value is -1.58. The second kappa shape index (κ2) is 11.9. The van der Waals surface area contributed by atoms with Crippen molar-refractivity contribution in [3.8, 4) is 0 Å². The number of aliphatic hydroxyl groups is 1. The van der Waals surface area contributed by atoms with Gasteiger partial charge in [0.1, 0.15) is 5.65 Å². The van der Waals surface area contributed by atoms with Gasteiger partial charge in [0.05, 0.1) is 11.5 Å². The Morgan fingerprint density at radius 1 is 1.17 bits per heavy atom. The molecule has 0 aliphatic rings. The third kappa shape index (κ3) is 9.22. The molecule has 6 N–H and O–H groups in total. The van der Waals surface area contributed by atoms with Gasteiger partial charge in [-0.05, 0) is 12.0 Å². The zero-order valence-corrected chi connectivity index (χ0v) is 13.1. The minimum Gasteiger partial charge on any atom is -0.395 e. The molecule has 0 fully saturated rings. The summed E-state index contributed by atoms with van der Waals surface area (Å²) in [7, 11) is 0. The van der Waals surface area contributed by atoms with Gasteiger partial charge in [0.25, 0.3) is 5.69 Å². The number of aliphatic hydroxyl groups excluding tert-OH is 1. The maximum Gasteiger partial charge on any atom is 0.269 e. The van der Waals surface area contributed by atoms with Gasteiger partial charge in [-0.15, -0.1) is 0 Å². The second-order valence-corrected chi connectivity index (χ2v) is 5.02. The molecule has 1 aromatic rings. The number of nitrogens with two attached hydrogens (primary N) is 1. The lowest BCUT2D eigenvalue weighted by Crippen LogP contribution is -2.39. The quantitative estimate of drug-likeness (QED) is 0.223. The molecule has 23 heavy (non-hydrogen) atoms. The molecule has 0 heterocycles. The van der Waals surface area contributed by atoms with Crippen LogP contribution in [0.3, 0.4) is 0 Å². The van der Waals surface area contributed by atoms with Crippen LogP contribution in [0.25, 0.3) is 0 Å². The number of nitrogens with one attached hydrogen (secondary N) is 3. The van der Waals surface area contributed by atoms with Gasteiger partial charge < -0.3 is 26.8 Å². The fourth-order valence-corrected chi connectivity index (χ4v) is 1.93. The van der Waals surface area contributed by atoms with Crippen LogP contribution in [0.5, 0.6) is 0 Å². The molecule has 0 amide bonds. The molecule has 0 saturated carbocycles. The van der Waals surface area contributed by atoms with E-state index in [2.05, 4.69) is 5.73 Å². The Bertz CT molecular complexity index is 555. The van der Waals surface area contributed by atoms with E-state index in [1.54, 1.807) is 12.1 Å². The molecule has 1 unspecified atom stereocenters. The summed E-state index contributed by atoms with van der Waals surface area (Å²) >= 11 is 0. The van der Waals surface area contributed by atoms with Crippen molar-refractivity contribution in [3.05, 3.63) is 39.9 Å². The van der Waals surface area contributed by atoms with Crippen molar-refractivity contribution in [1.82, 2.24) is 15.9 Å². The number of nitro benzene ring substituents is 1. The number of rotatable bonds is 14. The van der Waals surface area contributed by atoms with Crippen LogP contribution in [0.4, 0.5) is 5.69 Å². The van der Waals surface area contributed by atoms with Crippen molar-refractivity contribution >= 4 is 5.69 Å². The van der Waals surface area contributed by atoms with Crippen molar-refractivity contribution < 1.29 is 15.7 Å². The largest absolute Gasteiger partial charge is 0.395 e. The zero-order chi connectivity index (χ0) is 20.2. The molecule has 130 valence electrons. The molecule has 8 heteroatoms. The lowest BCUT2D eigenvalue weighted by atomic mass is 10.1. The summed E-state index contributed by atoms with van der Waals surface area (Å²) in [5.41, 5.74) is 3.24. The molecule has 0 radical (unpaired) electrons. The van der Waals surface area contributed by atoms with E-state index in [-0.39, 0.29) is 31.4 Å². The maximum atomic E-state index is 10.7. The van der Waals surface area contributed by atoms with Gasteiger partial charge >= 0.3 is 0 Å². The zero-order valence-electron chi connectivity index (χ0n) is 17.1. The molecule has 8 nitrogen and oxygen atoms in total. The van der Waals surface area contributed by atoms with Gasteiger partial charge in [-0.25, -0.2) is 0 Å². The first-order valence-corrected chi connectivity index (χ1v) is 7.58. The molecule has 1 aromatic carbocycles. The molecule has 1 atom stereocenters. The van der Waals surface area contributed by atoms with Crippen LogP contribution in [0.1, 0.15) is 5.56 Å². The minimum atomic E-state index is -0.466. The van der Waals surface area contributed by atoms with Crippen LogP contribution in [-0.2, 0) is 6.42 Å². The number of nitro groups is 1. The highest BCUT2D eigenvalue weighted by molar-refractivity contribution is 5.33. The molecule has 0 bridgehead atoms. The third-order valence-electron chi connectivity index (χ3n) is 3.07. The minimum absolute atomic E-state index is 0.0111. The van der Waals surface area contributed by atoms with Crippen molar-refractivity contribution in [3.63, 3.8) is 0 Å². The Morgan fingerprint density at radius 2 is 1.78 bits per heavy atom. The summed E-state index contributed by atoms with van der Waals surface area (Å²) in [5, 5.41) is 23.1. The van der Waals surface area contributed by atoms with E-state index in [1.807, 2.05) is 0 Å². The summed E-state index contributed by atoms with van der Waals surface area (Å²) in [6.07, 6.45) is 0.455. The van der Waals surface area contributed by atoms with Gasteiger partial charge in [0.15, 0.2) is 0 Å². The van der Waals surface area contributed by atoms with E-state index in [9.17, 15) is 10.1 Å². The highest BCUT2D eigenvalue weighted by atomic mass is 16.6. The SMILES string of the molecule is [3H]NC(Cc1ccc([N+](=O)[O-])cc1)CN([3H])CCN([3H])CCN([3H])CCO. The van der Waals surface area contributed by atoms with Gasteiger partial charge in [0.2, 0.25) is 0 Å². The van der Waals surface area contributed by atoms with Gasteiger partial charge in [0, 0.05) is 57.4 Å². The lowest BCUT2D eigenvalue weighted by molar-refractivity contribution is -0.384. The van der Waals surface area contributed by atoms with Gasteiger partial charge in [-0.2, -0.15) is 0 Å². The van der Waals surface area contributed by atoms with E-state index in [1.165, 1.54) is 28.1 Å². The third-order valence-corrected chi connectivity index (χ3v) is 3.07. The topological polar surface area (TPSA) is 125 Å². The number of hydrogen-bond donors (Lipinski definition) is 5. The fourth-order valence-electron chi connectivity index (χ4n) is 1.93. The summed E-state index contributed by atoms with van der Waals surface area (Å²) in [6.45, 7) is 1.69. The molecular formula is C15H27N5O3. The number of nitrogens with zero attached hydrogens (tertiary/aromatic N) is 1. The normalized spacial score (nSPS) is 15.3. The summed E-state index contributed by atoms with van der Waals surface area (Å²) in [6, 6.07) is 5.79. The van der Waals surface area contributed by atoms with E-state index in [0.717, 1.165) is 5.56 Å². The highest BCUT2D eigenvalue weighted by Gasteiger charge is 2.07. The number of non-ortho nitro benzene ring substituents is 1. The molecule has 0 aliphatic heterocycles. The maximum absolute atomic E-state index is 10.7. The predicted molar refractivity (Wildman–Crippen MR) is 90.5 cm³/mol. The Balaban J connectivity index is 2.35. The van der Waals surface area contributed by atoms with Crippen LogP contribution < -0.4 is 21.7 Å². The molecule has 0 aliphatic carbocycles. The van der Waals surface area contributed by atoms with Crippen LogP contribution >= 0.6 is 0 Å². The van der Waals surface area contributed by atoms with Crippen LogP contribution in [0, 0.1) is 10.1 Å². The molecule has 0 saturated heterocycles. The standard InChI is InChI=1S/C15H27N5O3/c16-14(11-13-1-3-15(4-2-13)20(22)23)12-19-8-7-17-5-6-18-9-10-21/h1-4,14,17-19,21H,5-12,16H2/i/hT4. The van der Waals surface area contributed by atoms with Gasteiger partial charge in [-0.3, -0.25) is 10.1 Å². The Morgan fingerprint density at radius 3 is 2.35 bits per heavy atom. The van der Waals surface area contributed by atoms with Crippen LogP contribution in [0.15, 0.2) is 24.3 Å². The van der Waals surface area contributed by atoms with Gasteiger partial charge in [-0.1, -0.05) is 12.1 Å². The average Bonchev–Trinajstić information content (AvgIpc) is 2.64. The molecule has 1 rings (SSSR count). The first kappa shape index (κ1) is 13.8. The van der Waals surface area contributed by atoms with E-state index in [4.69, 9.17) is 10.8 Å². The molecule has 0 spiro atoms. The predicted octanol–water partition coefficient (Wildman–Crippen LogP) is -0.774. The van der Waals surface area contributed by atoms with E-state index in [0.29, 0.717) is 32.6 Å². The van der Waals surface area contributed by atoms with Crippen molar-refractivity contribution in [2.45, 2.75) is 12.5 Å². The van der Waals surface area contributed by atoms with E-state index < -0.39 is 4.92 Å². The molecular weight excluding hydrogens is 298 g/mol. The average molecular weight is 333 g/mol. The second-order valence-electron chi connectivity index (χ2n) is 5.02. The summed E-state index contributed by atoms with van der Waals surface area (Å²) in [4.78, 5) is 10.2. The van der Waals surface area contributed by atoms with Crippen molar-refractivity contribution in [1.29, 1.82) is 0 Å². The van der Waals surface area contributed by atoms with E-state index >= 15 is 0 Å². The lowest BCUT2D eigenvalue weighted by Gasteiger charge is -2.13. The fraction of sp³-hybridized carbons (Fsp3) is 0.600. The van der Waals surface area contributed by atoms with Crippen molar-refractivity contribution in [2.24, 2.45) is 5.73 Å². The first-order chi connectivity index (χ1) is 12.8. The summed E-state index contributed by atoms with van der Waals surface area (Å²) in [5.74, 6) is 0. The molecule has 0 aromatic heterocycles.